The maximum Gasteiger partial charge on any atom is 0.0874 e. The minimum Gasteiger partial charge on any atom is -0.240 e. The van der Waals surface area contributed by atoms with Gasteiger partial charge in [0.25, 0.3) is 0 Å². The maximum absolute atomic E-state index is 4.44. The molecular formula is C21H22N6. The van der Waals surface area contributed by atoms with E-state index in [1.165, 1.54) is 0 Å². The van der Waals surface area contributed by atoms with Crippen molar-refractivity contribution in [3.8, 4) is 5.69 Å². The largest absolute Gasteiger partial charge is 0.240 e. The molecule has 0 fully saturated rings. The van der Waals surface area contributed by atoms with Crippen molar-refractivity contribution >= 4 is 23.5 Å². The second-order valence-corrected chi connectivity index (χ2v) is 6.27. The number of nitrogens with zero attached hydrogens (tertiary/aromatic N) is 6. The van der Waals surface area contributed by atoms with Gasteiger partial charge in [0.05, 0.1) is 29.3 Å². The van der Waals surface area contributed by atoms with Crippen LogP contribution in [0.15, 0.2) is 81.4 Å². The van der Waals surface area contributed by atoms with E-state index in [2.05, 4.69) is 25.6 Å². The van der Waals surface area contributed by atoms with Crippen molar-refractivity contribution < 1.29 is 0 Å². The molecule has 0 amide bonds. The van der Waals surface area contributed by atoms with Crippen LogP contribution in [0.2, 0.25) is 0 Å². The Morgan fingerprint density at radius 1 is 0.926 bits per heavy atom. The SMILES string of the molecule is CN=Nc1ccc(/C=C/c2cnn(-c3cccc(N=NC(C)C)c3)c2)cc1. The summed E-state index contributed by atoms with van der Waals surface area (Å²) in [5.74, 6) is 0. The normalized spacial score (nSPS) is 12.1. The first kappa shape index (κ1) is 18.4. The van der Waals surface area contributed by atoms with Crippen LogP contribution in [-0.2, 0) is 0 Å². The Hall–Kier alpha value is -3.41. The van der Waals surface area contributed by atoms with E-state index in [1.807, 2.05) is 91.6 Å². The number of benzene rings is 2. The van der Waals surface area contributed by atoms with Crippen LogP contribution in [0.5, 0.6) is 0 Å². The highest BCUT2D eigenvalue weighted by molar-refractivity contribution is 5.69. The third kappa shape index (κ3) is 5.28. The predicted molar refractivity (Wildman–Crippen MR) is 109 cm³/mol. The number of aromatic nitrogens is 2. The molecule has 3 rings (SSSR count). The summed E-state index contributed by atoms with van der Waals surface area (Å²) in [5.41, 5.74) is 4.72. The Kier molecular flexibility index (Phi) is 5.99. The Balaban J connectivity index is 1.74. The van der Waals surface area contributed by atoms with Gasteiger partial charge >= 0.3 is 0 Å². The van der Waals surface area contributed by atoms with Crippen molar-refractivity contribution in [2.24, 2.45) is 20.5 Å². The summed E-state index contributed by atoms with van der Waals surface area (Å²) in [5, 5.41) is 20.7. The Morgan fingerprint density at radius 2 is 1.70 bits per heavy atom. The summed E-state index contributed by atoms with van der Waals surface area (Å²) in [6.07, 6.45) is 7.89. The zero-order valence-corrected chi connectivity index (χ0v) is 15.7. The summed E-state index contributed by atoms with van der Waals surface area (Å²) < 4.78 is 1.83. The van der Waals surface area contributed by atoms with Gasteiger partial charge in [0.1, 0.15) is 0 Å². The molecule has 27 heavy (non-hydrogen) atoms. The van der Waals surface area contributed by atoms with Crippen LogP contribution < -0.4 is 0 Å². The van der Waals surface area contributed by atoms with Crippen molar-refractivity contribution in [3.05, 3.63) is 72.1 Å². The number of rotatable bonds is 6. The quantitative estimate of drug-likeness (QED) is 0.480. The molecule has 0 unspecified atom stereocenters. The standard InChI is InChI=1S/C21H22N6/c1-16(2)24-26-20-5-4-6-21(13-20)27-15-18(14-23-27)8-7-17-9-11-19(12-10-17)25-22-3/h4-16H,1-3H3/b8-7+,25-22?,26-24?. The van der Waals surface area contributed by atoms with E-state index >= 15 is 0 Å². The van der Waals surface area contributed by atoms with Gasteiger partial charge in [-0.2, -0.15) is 25.6 Å². The smallest absolute Gasteiger partial charge is 0.0874 e. The zero-order valence-electron chi connectivity index (χ0n) is 15.7. The molecule has 0 N–H and O–H groups in total. The Labute approximate surface area is 159 Å². The summed E-state index contributed by atoms with van der Waals surface area (Å²) in [6.45, 7) is 4.00. The first-order chi connectivity index (χ1) is 13.1. The molecule has 1 aromatic heterocycles. The van der Waals surface area contributed by atoms with Crippen molar-refractivity contribution in [2.75, 3.05) is 7.05 Å². The van der Waals surface area contributed by atoms with Crippen LogP contribution >= 0.6 is 0 Å². The molecule has 0 spiro atoms. The van der Waals surface area contributed by atoms with Gasteiger partial charge in [-0.25, -0.2) is 4.68 Å². The fourth-order valence-corrected chi connectivity index (χ4v) is 2.40. The molecule has 0 radical (unpaired) electrons. The van der Waals surface area contributed by atoms with E-state index in [-0.39, 0.29) is 6.04 Å². The van der Waals surface area contributed by atoms with Crippen LogP contribution in [0.3, 0.4) is 0 Å². The molecule has 6 heteroatoms. The first-order valence-electron chi connectivity index (χ1n) is 8.78. The molecule has 3 aromatic rings. The van der Waals surface area contributed by atoms with Crippen LogP contribution in [0, 0.1) is 0 Å². The first-order valence-corrected chi connectivity index (χ1v) is 8.78. The summed E-state index contributed by atoms with van der Waals surface area (Å²) >= 11 is 0. The van der Waals surface area contributed by atoms with Gasteiger partial charge in [0.15, 0.2) is 0 Å². The topological polar surface area (TPSA) is 67.3 Å². The molecule has 0 saturated heterocycles. The highest BCUT2D eigenvalue weighted by Crippen LogP contribution is 2.19. The molecule has 136 valence electrons. The molecule has 0 saturated carbocycles. The van der Waals surface area contributed by atoms with Crippen molar-refractivity contribution in [3.63, 3.8) is 0 Å². The third-order valence-electron chi connectivity index (χ3n) is 3.68. The molecule has 0 atom stereocenters. The van der Waals surface area contributed by atoms with Crippen molar-refractivity contribution in [1.82, 2.24) is 9.78 Å². The summed E-state index contributed by atoms with van der Waals surface area (Å²) in [6, 6.07) is 15.9. The van der Waals surface area contributed by atoms with Gasteiger partial charge < -0.3 is 0 Å². The molecule has 0 bridgehead atoms. The second-order valence-electron chi connectivity index (χ2n) is 6.27. The van der Waals surface area contributed by atoms with Crippen LogP contribution in [0.25, 0.3) is 17.8 Å². The van der Waals surface area contributed by atoms with Gasteiger partial charge in [-0.1, -0.05) is 30.4 Å². The van der Waals surface area contributed by atoms with Crippen LogP contribution in [-0.4, -0.2) is 22.9 Å². The Bertz CT molecular complexity index is 964. The monoisotopic (exact) mass is 358 g/mol. The lowest BCUT2D eigenvalue weighted by molar-refractivity contribution is 0.778. The predicted octanol–water partition coefficient (Wildman–Crippen LogP) is 6.25. The van der Waals surface area contributed by atoms with Gasteiger partial charge in [0, 0.05) is 18.8 Å². The maximum atomic E-state index is 4.44. The van der Waals surface area contributed by atoms with Gasteiger partial charge in [-0.3, -0.25) is 0 Å². The lowest BCUT2D eigenvalue weighted by atomic mass is 10.2. The van der Waals surface area contributed by atoms with E-state index in [0.717, 1.165) is 28.2 Å². The van der Waals surface area contributed by atoms with Gasteiger partial charge in [0.2, 0.25) is 0 Å². The van der Waals surface area contributed by atoms with E-state index in [4.69, 9.17) is 0 Å². The highest BCUT2D eigenvalue weighted by Gasteiger charge is 2.01. The van der Waals surface area contributed by atoms with E-state index < -0.39 is 0 Å². The van der Waals surface area contributed by atoms with E-state index in [1.54, 1.807) is 7.05 Å². The lowest BCUT2D eigenvalue weighted by Gasteiger charge is -2.02. The molecule has 0 aliphatic carbocycles. The van der Waals surface area contributed by atoms with Crippen molar-refractivity contribution in [2.45, 2.75) is 19.9 Å². The average Bonchev–Trinajstić information content (AvgIpc) is 3.15. The van der Waals surface area contributed by atoms with Gasteiger partial charge in [-0.15, -0.1) is 0 Å². The molecule has 6 nitrogen and oxygen atoms in total. The molecule has 0 aliphatic heterocycles. The lowest BCUT2D eigenvalue weighted by Crippen LogP contribution is -1.93. The second kappa shape index (κ2) is 8.80. The number of hydrogen-bond acceptors (Lipinski definition) is 5. The molecule has 1 heterocycles. The van der Waals surface area contributed by atoms with E-state index in [9.17, 15) is 0 Å². The zero-order chi connectivity index (χ0) is 19.1. The summed E-state index contributed by atoms with van der Waals surface area (Å²) in [7, 11) is 1.66. The highest BCUT2D eigenvalue weighted by atomic mass is 15.3. The average molecular weight is 358 g/mol. The fraction of sp³-hybridized carbons (Fsp3) is 0.190. The fourth-order valence-electron chi connectivity index (χ4n) is 2.40. The van der Waals surface area contributed by atoms with Crippen LogP contribution in [0.1, 0.15) is 25.0 Å². The minimum atomic E-state index is 0.175. The minimum absolute atomic E-state index is 0.175. The molecule has 2 aromatic carbocycles. The Morgan fingerprint density at radius 3 is 2.44 bits per heavy atom. The van der Waals surface area contributed by atoms with Crippen LogP contribution in [0.4, 0.5) is 11.4 Å². The summed E-state index contributed by atoms with van der Waals surface area (Å²) in [4.78, 5) is 0. The molecule has 0 aliphatic rings. The number of hydrogen-bond donors (Lipinski definition) is 0. The number of azo groups is 2. The van der Waals surface area contributed by atoms with Crippen molar-refractivity contribution in [1.29, 1.82) is 0 Å². The third-order valence-corrected chi connectivity index (χ3v) is 3.68. The van der Waals surface area contributed by atoms with Gasteiger partial charge in [-0.05, 0) is 49.7 Å². The van der Waals surface area contributed by atoms with E-state index in [0.29, 0.717) is 0 Å². The molecular weight excluding hydrogens is 336 g/mol.